The molecule has 0 aliphatic carbocycles. The van der Waals surface area contributed by atoms with Gasteiger partial charge in [-0.2, -0.15) is 0 Å². The van der Waals surface area contributed by atoms with Crippen LogP contribution in [-0.4, -0.2) is 12.1 Å². The number of benzene rings is 2. The lowest BCUT2D eigenvalue weighted by Crippen LogP contribution is -2.17. The zero-order valence-corrected chi connectivity index (χ0v) is 13.2. The molecule has 4 heteroatoms. The van der Waals surface area contributed by atoms with Crippen LogP contribution in [0.25, 0.3) is 0 Å². The molecule has 2 atom stereocenters. The Morgan fingerprint density at radius 3 is 1.27 bits per heavy atom. The van der Waals surface area contributed by atoms with Gasteiger partial charge in [0.15, 0.2) is 11.5 Å². The molecule has 2 aromatic carbocycles. The largest absolute Gasteiger partial charge is 0.328 e. The number of rotatable bonds is 7. The van der Waals surface area contributed by atoms with E-state index in [-0.39, 0.29) is 12.1 Å². The van der Waals surface area contributed by atoms with Crippen LogP contribution in [0.2, 0.25) is 0 Å². The molecular formula is C18H24N2O2. The van der Waals surface area contributed by atoms with Crippen LogP contribution < -0.4 is 21.2 Å². The first-order valence-electron chi connectivity index (χ1n) is 7.56. The highest BCUT2D eigenvalue weighted by Crippen LogP contribution is 2.17. The molecule has 0 aromatic heterocycles. The minimum absolute atomic E-state index is 0.151. The van der Waals surface area contributed by atoms with Gasteiger partial charge in [-0.25, -0.2) is 0 Å². The normalized spacial score (nSPS) is 13.5. The Balaban J connectivity index is 1.87. The highest BCUT2D eigenvalue weighted by molar-refractivity contribution is 5.29. The fourth-order valence-corrected chi connectivity index (χ4v) is 2.20. The van der Waals surface area contributed by atoms with Crippen LogP contribution in [0.4, 0.5) is 0 Å². The first kappa shape index (κ1) is 16.3. The van der Waals surface area contributed by atoms with Crippen LogP contribution in [0.3, 0.4) is 0 Å². The van der Waals surface area contributed by atoms with Crippen molar-refractivity contribution >= 4 is 0 Å². The van der Waals surface area contributed by atoms with E-state index in [2.05, 4.69) is 0 Å². The van der Waals surface area contributed by atoms with Crippen LogP contribution in [0.5, 0.6) is 11.5 Å². The van der Waals surface area contributed by atoms with Crippen LogP contribution in [0, 0.1) is 0 Å². The summed E-state index contributed by atoms with van der Waals surface area (Å²) in [7, 11) is 0. The lowest BCUT2D eigenvalue weighted by atomic mass is 10.1. The fourth-order valence-electron chi connectivity index (χ4n) is 2.20. The molecule has 0 aliphatic rings. The summed E-state index contributed by atoms with van der Waals surface area (Å²) in [6, 6.07) is 15.8. The van der Waals surface area contributed by atoms with Crippen molar-refractivity contribution in [3.05, 3.63) is 59.7 Å². The van der Waals surface area contributed by atoms with E-state index in [9.17, 15) is 0 Å². The van der Waals surface area contributed by atoms with Crippen LogP contribution >= 0.6 is 0 Å². The Labute approximate surface area is 132 Å². The summed E-state index contributed by atoms with van der Waals surface area (Å²) in [5, 5.41) is 0. The van der Waals surface area contributed by atoms with Crippen molar-refractivity contribution in [2.45, 2.75) is 38.8 Å². The zero-order chi connectivity index (χ0) is 15.9. The maximum Gasteiger partial charge on any atom is 0.178 e. The fraction of sp³-hybridized carbons (Fsp3) is 0.333. The Bertz CT molecular complexity index is 509. The van der Waals surface area contributed by atoms with Crippen molar-refractivity contribution in [3.8, 4) is 11.5 Å². The Morgan fingerprint density at radius 2 is 1.00 bits per heavy atom. The molecule has 0 spiro atoms. The third-order valence-electron chi connectivity index (χ3n) is 3.20. The summed E-state index contributed by atoms with van der Waals surface area (Å²) < 4.78 is 0. The van der Waals surface area contributed by atoms with Gasteiger partial charge in [0.05, 0.1) is 0 Å². The third kappa shape index (κ3) is 5.39. The van der Waals surface area contributed by atoms with E-state index in [0.717, 1.165) is 12.8 Å². The van der Waals surface area contributed by atoms with Gasteiger partial charge in [-0.1, -0.05) is 24.3 Å². The summed E-state index contributed by atoms with van der Waals surface area (Å²) in [4.78, 5) is 10.6. The molecule has 0 fully saturated rings. The molecule has 0 saturated heterocycles. The first-order valence-corrected chi connectivity index (χ1v) is 7.56. The predicted molar refractivity (Wildman–Crippen MR) is 88.8 cm³/mol. The Kier molecular flexibility index (Phi) is 5.81. The molecule has 0 amide bonds. The van der Waals surface area contributed by atoms with Gasteiger partial charge in [-0.05, 0) is 62.1 Å². The van der Waals surface area contributed by atoms with Crippen molar-refractivity contribution in [1.82, 2.24) is 0 Å². The minimum Gasteiger partial charge on any atom is -0.328 e. The summed E-state index contributed by atoms with van der Waals surface area (Å²) in [6.45, 7) is 3.98. The second-order valence-corrected chi connectivity index (χ2v) is 5.82. The van der Waals surface area contributed by atoms with Gasteiger partial charge in [0, 0.05) is 12.1 Å². The van der Waals surface area contributed by atoms with E-state index in [1.807, 2.05) is 62.4 Å². The molecule has 4 N–H and O–H groups in total. The minimum atomic E-state index is 0.151. The molecule has 0 bridgehead atoms. The number of hydrogen-bond donors (Lipinski definition) is 2. The maximum absolute atomic E-state index is 5.78. The van der Waals surface area contributed by atoms with Crippen molar-refractivity contribution in [2.75, 3.05) is 0 Å². The third-order valence-corrected chi connectivity index (χ3v) is 3.20. The van der Waals surface area contributed by atoms with Gasteiger partial charge in [0.25, 0.3) is 0 Å². The molecule has 4 nitrogen and oxygen atoms in total. The molecule has 0 saturated carbocycles. The van der Waals surface area contributed by atoms with Crippen molar-refractivity contribution in [2.24, 2.45) is 11.5 Å². The van der Waals surface area contributed by atoms with Crippen LogP contribution in [0.1, 0.15) is 25.0 Å². The predicted octanol–water partition coefficient (Wildman–Crippen LogP) is 2.84. The highest BCUT2D eigenvalue weighted by Gasteiger charge is 2.02. The van der Waals surface area contributed by atoms with E-state index < -0.39 is 0 Å². The number of nitrogens with two attached hydrogens (primary N) is 2. The Morgan fingerprint density at radius 1 is 0.682 bits per heavy atom. The summed E-state index contributed by atoms with van der Waals surface area (Å²) in [5.74, 6) is 1.32. The zero-order valence-electron chi connectivity index (χ0n) is 13.2. The molecule has 0 heterocycles. The molecule has 2 unspecified atom stereocenters. The maximum atomic E-state index is 5.78. The second-order valence-electron chi connectivity index (χ2n) is 5.82. The average molecular weight is 300 g/mol. The van der Waals surface area contributed by atoms with Crippen LogP contribution in [-0.2, 0) is 12.8 Å². The van der Waals surface area contributed by atoms with Gasteiger partial charge in [0.1, 0.15) is 0 Å². The molecule has 2 rings (SSSR count). The second kappa shape index (κ2) is 7.82. The molecular weight excluding hydrogens is 276 g/mol. The monoisotopic (exact) mass is 300 g/mol. The van der Waals surface area contributed by atoms with Crippen molar-refractivity contribution in [1.29, 1.82) is 0 Å². The SMILES string of the molecule is CC(N)Cc1ccc(OOc2ccc(CC(C)N)cc2)cc1. The van der Waals surface area contributed by atoms with Gasteiger partial charge in [-0.15, -0.1) is 0 Å². The van der Waals surface area contributed by atoms with E-state index in [0.29, 0.717) is 11.5 Å². The van der Waals surface area contributed by atoms with Gasteiger partial charge < -0.3 is 11.5 Å². The Hall–Kier alpha value is -2.04. The van der Waals surface area contributed by atoms with E-state index in [1.165, 1.54) is 11.1 Å². The number of hydrogen-bond acceptors (Lipinski definition) is 4. The van der Waals surface area contributed by atoms with Gasteiger partial charge in [-0.3, -0.25) is 9.78 Å². The van der Waals surface area contributed by atoms with Gasteiger partial charge >= 0.3 is 0 Å². The van der Waals surface area contributed by atoms with Crippen molar-refractivity contribution < 1.29 is 9.78 Å². The lowest BCUT2D eigenvalue weighted by molar-refractivity contribution is -0.0999. The quantitative estimate of drug-likeness (QED) is 0.609. The molecule has 0 radical (unpaired) electrons. The van der Waals surface area contributed by atoms with E-state index in [4.69, 9.17) is 21.2 Å². The first-order chi connectivity index (χ1) is 10.5. The molecule has 22 heavy (non-hydrogen) atoms. The molecule has 0 aliphatic heterocycles. The average Bonchev–Trinajstić information content (AvgIpc) is 2.47. The van der Waals surface area contributed by atoms with E-state index in [1.54, 1.807) is 0 Å². The summed E-state index contributed by atoms with van der Waals surface area (Å²) >= 11 is 0. The molecule has 2 aromatic rings. The molecule has 118 valence electrons. The lowest BCUT2D eigenvalue weighted by Gasteiger charge is -2.09. The summed E-state index contributed by atoms with van der Waals surface area (Å²) in [5.41, 5.74) is 13.9. The summed E-state index contributed by atoms with van der Waals surface area (Å²) in [6.07, 6.45) is 1.70. The topological polar surface area (TPSA) is 70.5 Å². The highest BCUT2D eigenvalue weighted by atomic mass is 17.2. The van der Waals surface area contributed by atoms with Gasteiger partial charge in [0.2, 0.25) is 0 Å². The van der Waals surface area contributed by atoms with E-state index >= 15 is 0 Å². The van der Waals surface area contributed by atoms with Crippen LogP contribution in [0.15, 0.2) is 48.5 Å². The van der Waals surface area contributed by atoms with Crippen molar-refractivity contribution in [3.63, 3.8) is 0 Å². The smallest absolute Gasteiger partial charge is 0.178 e. The standard InChI is InChI=1S/C18H24N2O2/c1-13(19)11-15-3-7-17(8-4-15)21-22-18-9-5-16(6-10-18)12-14(2)20/h3-10,13-14H,11-12,19-20H2,1-2H3.